The summed E-state index contributed by atoms with van der Waals surface area (Å²) in [6, 6.07) is 24.7. The van der Waals surface area contributed by atoms with Gasteiger partial charge < -0.3 is 20.4 Å². The number of amides is 4. The second-order valence-corrected chi connectivity index (χ2v) is 22.2. The van der Waals surface area contributed by atoms with Crippen LogP contribution in [-0.4, -0.2) is 68.6 Å². The Morgan fingerprint density at radius 2 is 0.640 bits per heavy atom. The lowest BCUT2D eigenvalue weighted by Gasteiger charge is -2.27. The predicted octanol–water partition coefficient (Wildman–Crippen LogP) is 15.8. The molecule has 4 amide bonds. The molecule has 8 aromatic rings. The Labute approximate surface area is 556 Å². The highest BCUT2D eigenvalue weighted by atomic mass is 19.2. The minimum absolute atomic E-state index is 0.0585. The van der Waals surface area contributed by atoms with E-state index in [1.54, 1.807) is 48.5 Å². The maximum Gasteiger partial charge on any atom is 0.260 e. The third kappa shape index (κ3) is 18.6. The zero-order valence-electron chi connectivity index (χ0n) is 52.8. The van der Waals surface area contributed by atoms with E-state index in [1.807, 2.05) is 0 Å². The molecular weight excluding hydrogens is 1370 g/mol. The number of rotatable bonds is 18. The standard InChI is InChI=1S/C19H16F5NO2.C19H15F4NO2.C16H10F5NO2.C16H11F4NO2/c1-9(2)25(8-11-4-6-12(7-5-11)10(3)26)19(27)13-14(20)16(22)18(24)17(23)15(13)21;1-10(25)12-4-2-11(3-5-12)9-24(13-6-7-13)19(26)14-8-15(20)17(22)18(23)16(14)21;1-7(23)9-4-2-8(3-5-9)6-22-16(24)10-11(17)13(19)15(21)14(20)12(10)18;1-8(22)10-4-2-9(3-5-10)7-21-16(23)11-6-12(17)14(19)15(20)13(11)18/h4-7,9H,8H2,1-3H3;2-5,8,13H,6-7,9H2,1H3;2-5H,6H2,1H3,(H,22,24);2-6H,7H2,1H3,(H,21,23). The van der Waals surface area contributed by atoms with E-state index in [1.165, 1.54) is 95.0 Å². The van der Waals surface area contributed by atoms with Crippen LogP contribution in [0.5, 0.6) is 0 Å². The Morgan fingerprint density at radius 3 is 0.980 bits per heavy atom. The first-order valence-corrected chi connectivity index (χ1v) is 29.2. The summed E-state index contributed by atoms with van der Waals surface area (Å²) in [6.07, 6.45) is 1.37. The van der Waals surface area contributed by atoms with Crippen molar-refractivity contribution < 1.29 is 117 Å². The van der Waals surface area contributed by atoms with Gasteiger partial charge in [0.05, 0.1) is 11.1 Å². The van der Waals surface area contributed by atoms with E-state index < -0.39 is 157 Å². The quantitative estimate of drug-likeness (QED) is 0.0370. The van der Waals surface area contributed by atoms with Crippen molar-refractivity contribution in [2.45, 2.75) is 92.6 Å². The number of benzene rings is 8. The molecule has 526 valence electrons. The summed E-state index contributed by atoms with van der Waals surface area (Å²) < 4.78 is 240. The Hall–Kier alpha value is -10.9. The van der Waals surface area contributed by atoms with Crippen molar-refractivity contribution in [2.24, 2.45) is 0 Å². The van der Waals surface area contributed by atoms with Crippen LogP contribution < -0.4 is 10.6 Å². The van der Waals surface area contributed by atoms with E-state index in [0.29, 0.717) is 69.5 Å². The van der Waals surface area contributed by atoms with Gasteiger partial charge in [-0.1, -0.05) is 97.1 Å². The number of ketones is 4. The summed E-state index contributed by atoms with van der Waals surface area (Å²) >= 11 is 0. The second kappa shape index (κ2) is 33.5. The fraction of sp³-hybridized carbons (Fsp3) is 0.200. The van der Waals surface area contributed by atoms with Crippen LogP contribution in [0.15, 0.2) is 109 Å². The number of nitrogens with one attached hydrogen (secondary N) is 2. The molecule has 0 saturated heterocycles. The fourth-order valence-electron chi connectivity index (χ4n) is 8.95. The van der Waals surface area contributed by atoms with E-state index >= 15 is 0 Å². The van der Waals surface area contributed by atoms with Crippen LogP contribution in [0.25, 0.3) is 0 Å². The van der Waals surface area contributed by atoms with E-state index in [4.69, 9.17) is 0 Å². The summed E-state index contributed by atoms with van der Waals surface area (Å²) in [5, 5.41) is 4.32. The van der Waals surface area contributed by atoms with Crippen molar-refractivity contribution >= 4 is 46.8 Å². The van der Waals surface area contributed by atoms with Gasteiger partial charge in [-0.25, -0.2) is 79.0 Å². The third-order valence-electron chi connectivity index (χ3n) is 14.7. The van der Waals surface area contributed by atoms with Gasteiger partial charge in [-0.15, -0.1) is 0 Å². The first-order valence-electron chi connectivity index (χ1n) is 29.2. The van der Waals surface area contributed by atoms with Crippen LogP contribution in [-0.2, 0) is 26.2 Å². The molecule has 30 heteroatoms. The van der Waals surface area contributed by atoms with E-state index in [-0.39, 0.29) is 55.4 Å². The number of carbonyl (C=O) groups is 8. The van der Waals surface area contributed by atoms with Crippen molar-refractivity contribution in [2.75, 3.05) is 0 Å². The second-order valence-electron chi connectivity index (χ2n) is 22.2. The average Bonchev–Trinajstić information content (AvgIpc) is 1.12. The van der Waals surface area contributed by atoms with Gasteiger partial charge in [-0.3, -0.25) is 38.4 Å². The van der Waals surface area contributed by atoms with Crippen LogP contribution >= 0.6 is 0 Å². The predicted molar refractivity (Wildman–Crippen MR) is 321 cm³/mol. The minimum Gasteiger partial charge on any atom is -0.348 e. The first kappa shape index (κ1) is 78.1. The maximum atomic E-state index is 14.0. The summed E-state index contributed by atoms with van der Waals surface area (Å²) in [7, 11) is 0. The third-order valence-corrected chi connectivity index (χ3v) is 14.7. The average molecular weight is 1420 g/mol. The molecule has 0 unspecified atom stereocenters. The Kier molecular flexibility index (Phi) is 26.2. The van der Waals surface area contributed by atoms with Crippen molar-refractivity contribution in [3.8, 4) is 0 Å². The van der Waals surface area contributed by atoms with E-state index in [2.05, 4.69) is 10.6 Å². The highest BCUT2D eigenvalue weighted by Gasteiger charge is 2.37. The van der Waals surface area contributed by atoms with Gasteiger partial charge in [0.25, 0.3) is 23.6 Å². The lowest BCUT2D eigenvalue weighted by atomic mass is 10.1. The van der Waals surface area contributed by atoms with Crippen LogP contribution in [0.4, 0.5) is 79.0 Å². The monoisotopic (exact) mass is 1420 g/mol. The molecule has 1 fully saturated rings. The van der Waals surface area contributed by atoms with Crippen LogP contribution in [0.3, 0.4) is 0 Å². The molecule has 0 radical (unpaired) electrons. The van der Waals surface area contributed by atoms with Crippen molar-refractivity contribution in [1.29, 1.82) is 0 Å². The molecule has 0 heterocycles. The molecule has 0 aliphatic heterocycles. The Morgan fingerprint density at radius 1 is 0.350 bits per heavy atom. The smallest absolute Gasteiger partial charge is 0.260 e. The summed E-state index contributed by atoms with van der Waals surface area (Å²) in [5.41, 5.74) is -0.720. The molecule has 1 aliphatic rings. The SMILES string of the molecule is CC(=O)c1ccc(CN(C(=O)c2c(F)c(F)c(F)c(F)c2F)C(C)C)cc1.CC(=O)c1ccc(CN(C(=O)c2cc(F)c(F)c(F)c2F)C2CC2)cc1.CC(=O)c1ccc(CNC(=O)c2c(F)c(F)c(F)c(F)c2F)cc1.CC(=O)c1ccc(CNC(=O)c2cc(F)c(F)c(F)c2F)cc1. The molecule has 0 aromatic heterocycles. The highest BCUT2D eigenvalue weighted by molar-refractivity contribution is 5.98. The van der Waals surface area contributed by atoms with E-state index in [9.17, 15) is 117 Å². The summed E-state index contributed by atoms with van der Waals surface area (Å²) in [5.74, 6) is -42.2. The van der Waals surface area contributed by atoms with Gasteiger partial charge in [-0.2, -0.15) is 0 Å². The van der Waals surface area contributed by atoms with Crippen molar-refractivity contribution in [1.82, 2.24) is 20.4 Å². The molecule has 1 aliphatic carbocycles. The number of nitrogens with zero attached hydrogens (tertiary/aromatic N) is 2. The first-order chi connectivity index (χ1) is 46.9. The van der Waals surface area contributed by atoms with Crippen LogP contribution in [0.1, 0.15) is 160 Å². The number of halogens is 18. The van der Waals surface area contributed by atoms with E-state index in [0.717, 1.165) is 4.90 Å². The van der Waals surface area contributed by atoms with Gasteiger partial charge in [0, 0.05) is 60.5 Å². The highest BCUT2D eigenvalue weighted by Crippen LogP contribution is 2.32. The van der Waals surface area contributed by atoms with Crippen LogP contribution in [0.2, 0.25) is 0 Å². The largest absolute Gasteiger partial charge is 0.348 e. The van der Waals surface area contributed by atoms with Crippen molar-refractivity contribution in [3.63, 3.8) is 0 Å². The molecule has 12 nitrogen and oxygen atoms in total. The zero-order valence-corrected chi connectivity index (χ0v) is 52.8. The minimum atomic E-state index is -2.33. The summed E-state index contributed by atoms with van der Waals surface area (Å²) in [4.78, 5) is 95.8. The lowest BCUT2D eigenvalue weighted by molar-refractivity contribution is 0.0674. The topological polar surface area (TPSA) is 167 Å². The van der Waals surface area contributed by atoms with Crippen molar-refractivity contribution in [3.05, 3.63) is 281 Å². The molecule has 0 spiro atoms. The molecule has 8 aromatic carbocycles. The number of hydrogen-bond donors (Lipinski definition) is 2. The number of Topliss-reactive ketones (excluding diaryl/α,β-unsaturated/α-hetero) is 4. The Balaban J connectivity index is 0.000000210. The zero-order chi connectivity index (χ0) is 74.6. The molecule has 1 saturated carbocycles. The van der Waals surface area contributed by atoms with Gasteiger partial charge in [0.2, 0.25) is 11.6 Å². The van der Waals surface area contributed by atoms with Crippen LogP contribution in [0, 0.1) is 105 Å². The normalized spacial score (nSPS) is 11.4. The molecule has 100 heavy (non-hydrogen) atoms. The molecule has 9 rings (SSSR count). The lowest BCUT2D eigenvalue weighted by Crippen LogP contribution is -2.38. The molecule has 2 N–H and O–H groups in total. The molecule has 0 bridgehead atoms. The molecular formula is C70H52F18N4O8. The van der Waals surface area contributed by atoms with Gasteiger partial charge in [0.15, 0.2) is 116 Å². The fourth-order valence-corrected chi connectivity index (χ4v) is 8.95. The van der Waals surface area contributed by atoms with Gasteiger partial charge in [-0.05, 0) is 88.8 Å². The van der Waals surface area contributed by atoms with Gasteiger partial charge in [0.1, 0.15) is 11.1 Å². The maximum absolute atomic E-state index is 14.0. The van der Waals surface area contributed by atoms with Gasteiger partial charge >= 0.3 is 0 Å². The Bertz CT molecular complexity index is 4440. The molecule has 0 atom stereocenters. The summed E-state index contributed by atoms with van der Waals surface area (Å²) in [6.45, 7) is 8.29. The number of carbonyl (C=O) groups excluding carboxylic acids is 8. The number of hydrogen-bond acceptors (Lipinski definition) is 8.